The zero-order valence-corrected chi connectivity index (χ0v) is 9.87. The highest BCUT2D eigenvalue weighted by atomic mass is 16.1. The molecule has 82 valence electrons. The third-order valence-corrected chi connectivity index (χ3v) is 3.36. The lowest BCUT2D eigenvalue weighted by molar-refractivity contribution is -0.120. The van der Waals surface area contributed by atoms with Gasteiger partial charge in [-0.25, -0.2) is 0 Å². The van der Waals surface area contributed by atoms with Crippen molar-refractivity contribution < 1.29 is 4.79 Å². The zero-order valence-electron chi connectivity index (χ0n) is 9.87. The molecule has 0 aromatic carbocycles. The number of hydrogen-bond donors (Lipinski definition) is 0. The van der Waals surface area contributed by atoms with Gasteiger partial charge in [-0.05, 0) is 24.8 Å². The molecule has 0 N–H and O–H groups in total. The van der Waals surface area contributed by atoms with E-state index in [0.717, 1.165) is 17.8 Å². The highest BCUT2D eigenvalue weighted by Crippen LogP contribution is 2.52. The molecule has 1 aromatic rings. The summed E-state index contributed by atoms with van der Waals surface area (Å²) in [6, 6.07) is 1.99. The molecule has 1 aliphatic carbocycles. The van der Waals surface area contributed by atoms with E-state index in [1.807, 2.05) is 24.7 Å². The third kappa shape index (κ3) is 1.96. The molecule has 3 heteroatoms. The van der Waals surface area contributed by atoms with Gasteiger partial charge in [-0.2, -0.15) is 5.10 Å². The van der Waals surface area contributed by atoms with Crippen molar-refractivity contribution in [1.82, 2.24) is 9.78 Å². The second kappa shape index (κ2) is 3.19. The first kappa shape index (κ1) is 10.4. The maximum atomic E-state index is 11.9. The molecule has 1 atom stereocenters. The van der Waals surface area contributed by atoms with Gasteiger partial charge in [0.2, 0.25) is 0 Å². The van der Waals surface area contributed by atoms with Crippen LogP contribution in [0.5, 0.6) is 0 Å². The van der Waals surface area contributed by atoms with Crippen molar-refractivity contribution >= 4 is 5.78 Å². The Morgan fingerprint density at radius 3 is 2.67 bits per heavy atom. The topological polar surface area (TPSA) is 34.9 Å². The largest absolute Gasteiger partial charge is 0.299 e. The predicted octanol–water partition coefficient (Wildman–Crippen LogP) is 1.89. The number of rotatable bonds is 3. The SMILES string of the molecule is Cc1cc(CC(=O)C2CC2(C)C)n(C)n1. The Labute approximate surface area is 90.5 Å². The summed E-state index contributed by atoms with van der Waals surface area (Å²) < 4.78 is 1.81. The van der Waals surface area contributed by atoms with Crippen LogP contribution < -0.4 is 0 Å². The summed E-state index contributed by atoms with van der Waals surface area (Å²) in [4.78, 5) is 11.9. The molecule has 1 fully saturated rings. The van der Waals surface area contributed by atoms with E-state index in [1.54, 1.807) is 0 Å². The van der Waals surface area contributed by atoms with Gasteiger partial charge in [0, 0.05) is 25.1 Å². The van der Waals surface area contributed by atoms with Crippen LogP contribution in [-0.4, -0.2) is 15.6 Å². The number of ketones is 1. The van der Waals surface area contributed by atoms with Crippen LogP contribution in [0.1, 0.15) is 31.7 Å². The second-order valence-electron chi connectivity index (χ2n) is 5.29. The highest BCUT2D eigenvalue weighted by Gasteiger charge is 2.49. The fourth-order valence-electron chi connectivity index (χ4n) is 2.15. The van der Waals surface area contributed by atoms with E-state index >= 15 is 0 Å². The summed E-state index contributed by atoms with van der Waals surface area (Å²) in [6.07, 6.45) is 1.58. The molecular formula is C12H18N2O. The van der Waals surface area contributed by atoms with Gasteiger partial charge in [0.05, 0.1) is 5.69 Å². The standard InChI is InChI=1S/C12H18N2O/c1-8-5-9(14(4)13-8)6-11(15)10-7-12(10,2)3/h5,10H,6-7H2,1-4H3. The van der Waals surface area contributed by atoms with Crippen LogP contribution in [-0.2, 0) is 18.3 Å². The van der Waals surface area contributed by atoms with E-state index in [2.05, 4.69) is 18.9 Å². The lowest BCUT2D eigenvalue weighted by Gasteiger charge is -2.03. The number of carbonyl (C=O) groups excluding carboxylic acids is 1. The highest BCUT2D eigenvalue weighted by molar-refractivity contribution is 5.86. The van der Waals surface area contributed by atoms with Crippen LogP contribution in [0.2, 0.25) is 0 Å². The summed E-state index contributed by atoms with van der Waals surface area (Å²) in [6.45, 7) is 6.27. The Bertz CT molecular complexity index is 404. The van der Waals surface area contributed by atoms with Crippen molar-refractivity contribution in [2.75, 3.05) is 0 Å². The molecule has 15 heavy (non-hydrogen) atoms. The summed E-state index contributed by atoms with van der Waals surface area (Å²) in [7, 11) is 1.90. The van der Waals surface area contributed by atoms with Crippen molar-refractivity contribution in [1.29, 1.82) is 0 Å². The summed E-state index contributed by atoms with van der Waals surface area (Å²) >= 11 is 0. The summed E-state index contributed by atoms with van der Waals surface area (Å²) in [5.74, 6) is 0.635. The first-order valence-corrected chi connectivity index (χ1v) is 5.42. The van der Waals surface area contributed by atoms with Crippen LogP contribution in [0.25, 0.3) is 0 Å². The lowest BCUT2D eigenvalue weighted by atomic mass is 10.0. The van der Waals surface area contributed by atoms with E-state index < -0.39 is 0 Å². The van der Waals surface area contributed by atoms with E-state index in [0.29, 0.717) is 12.2 Å². The number of aromatic nitrogens is 2. The van der Waals surface area contributed by atoms with Gasteiger partial charge in [0.25, 0.3) is 0 Å². The van der Waals surface area contributed by atoms with Gasteiger partial charge in [0.1, 0.15) is 5.78 Å². The van der Waals surface area contributed by atoms with Crippen molar-refractivity contribution in [2.45, 2.75) is 33.6 Å². The molecule has 1 unspecified atom stereocenters. The normalized spacial score (nSPS) is 22.8. The Morgan fingerprint density at radius 1 is 1.67 bits per heavy atom. The second-order valence-corrected chi connectivity index (χ2v) is 5.29. The Balaban J connectivity index is 2.04. The molecule has 0 saturated heterocycles. The van der Waals surface area contributed by atoms with Gasteiger partial charge in [-0.15, -0.1) is 0 Å². The minimum absolute atomic E-state index is 0.241. The Hall–Kier alpha value is -1.12. The first-order valence-electron chi connectivity index (χ1n) is 5.42. The van der Waals surface area contributed by atoms with Crippen molar-refractivity contribution in [2.24, 2.45) is 18.4 Å². The molecule has 0 amide bonds. The smallest absolute Gasteiger partial charge is 0.142 e. The summed E-state index contributed by atoms with van der Waals surface area (Å²) in [5.41, 5.74) is 2.25. The summed E-state index contributed by atoms with van der Waals surface area (Å²) in [5, 5.41) is 4.24. The molecule has 1 aromatic heterocycles. The minimum atomic E-state index is 0.241. The first-order chi connectivity index (χ1) is 6.90. The molecule has 1 heterocycles. The van der Waals surface area contributed by atoms with Gasteiger partial charge >= 0.3 is 0 Å². The molecule has 1 aliphatic rings. The van der Waals surface area contributed by atoms with Gasteiger partial charge in [0.15, 0.2) is 0 Å². The molecule has 0 bridgehead atoms. The van der Waals surface area contributed by atoms with Gasteiger partial charge in [-0.1, -0.05) is 13.8 Å². The van der Waals surface area contributed by atoms with Crippen molar-refractivity contribution in [3.8, 4) is 0 Å². The molecule has 2 rings (SSSR count). The fourth-order valence-corrected chi connectivity index (χ4v) is 2.15. The average molecular weight is 206 g/mol. The van der Waals surface area contributed by atoms with Crippen LogP contribution in [0.4, 0.5) is 0 Å². The number of nitrogens with zero attached hydrogens (tertiary/aromatic N) is 2. The molecule has 1 saturated carbocycles. The van der Waals surface area contributed by atoms with E-state index in [1.165, 1.54) is 0 Å². The zero-order chi connectivity index (χ0) is 11.2. The monoisotopic (exact) mass is 206 g/mol. The lowest BCUT2D eigenvalue weighted by Crippen LogP contribution is -2.11. The van der Waals surface area contributed by atoms with Crippen LogP contribution >= 0.6 is 0 Å². The van der Waals surface area contributed by atoms with Crippen molar-refractivity contribution in [3.63, 3.8) is 0 Å². The molecule has 0 aliphatic heterocycles. The van der Waals surface area contributed by atoms with E-state index in [4.69, 9.17) is 0 Å². The molecule has 0 radical (unpaired) electrons. The number of Topliss-reactive ketones (excluding diaryl/α,β-unsaturated/α-hetero) is 1. The van der Waals surface area contributed by atoms with Crippen LogP contribution in [0.15, 0.2) is 6.07 Å². The minimum Gasteiger partial charge on any atom is -0.299 e. The fraction of sp³-hybridized carbons (Fsp3) is 0.667. The van der Waals surface area contributed by atoms with E-state index in [-0.39, 0.29) is 11.3 Å². The Kier molecular flexibility index (Phi) is 2.21. The third-order valence-electron chi connectivity index (χ3n) is 3.36. The number of carbonyl (C=O) groups is 1. The maximum Gasteiger partial charge on any atom is 0.142 e. The predicted molar refractivity (Wildman–Crippen MR) is 58.5 cm³/mol. The van der Waals surface area contributed by atoms with Crippen LogP contribution in [0, 0.1) is 18.3 Å². The Morgan fingerprint density at radius 2 is 2.27 bits per heavy atom. The van der Waals surface area contributed by atoms with Gasteiger partial charge in [-0.3, -0.25) is 9.48 Å². The number of hydrogen-bond acceptors (Lipinski definition) is 2. The molecule has 3 nitrogen and oxygen atoms in total. The maximum absolute atomic E-state index is 11.9. The quantitative estimate of drug-likeness (QED) is 0.757. The van der Waals surface area contributed by atoms with Crippen LogP contribution in [0.3, 0.4) is 0 Å². The molecular weight excluding hydrogens is 188 g/mol. The van der Waals surface area contributed by atoms with Gasteiger partial charge < -0.3 is 0 Å². The number of aryl methyl sites for hydroxylation is 2. The van der Waals surface area contributed by atoms with Crippen molar-refractivity contribution in [3.05, 3.63) is 17.5 Å². The molecule has 0 spiro atoms. The average Bonchev–Trinajstić information content (AvgIpc) is 2.62. The van der Waals surface area contributed by atoms with E-state index in [9.17, 15) is 4.79 Å².